The van der Waals surface area contributed by atoms with Gasteiger partial charge in [-0.15, -0.1) is 0 Å². The van der Waals surface area contributed by atoms with E-state index >= 15 is 0 Å². The Morgan fingerprint density at radius 2 is 1.44 bits per heavy atom. The van der Waals surface area contributed by atoms with Crippen molar-refractivity contribution in [2.75, 3.05) is 6.61 Å². The van der Waals surface area contributed by atoms with Crippen LogP contribution in [0.4, 0.5) is 0 Å². The van der Waals surface area contributed by atoms with E-state index in [0.29, 0.717) is 0 Å². The molecule has 0 rings (SSSR count). The SMILES string of the molecule is CCCCCOC(OC(C)C(C)(C)C)C(C)(C)C. The first-order chi connectivity index (χ1) is 8.09. The summed E-state index contributed by atoms with van der Waals surface area (Å²) in [7, 11) is 0. The molecule has 0 radical (unpaired) electrons. The molecule has 0 aromatic rings. The monoisotopic (exact) mass is 258 g/mol. The van der Waals surface area contributed by atoms with Crippen molar-refractivity contribution >= 4 is 0 Å². The largest absolute Gasteiger partial charge is 0.352 e. The zero-order valence-electron chi connectivity index (χ0n) is 13.8. The fraction of sp³-hybridized carbons (Fsp3) is 1.00. The molecular weight excluding hydrogens is 224 g/mol. The summed E-state index contributed by atoms with van der Waals surface area (Å²) in [5.74, 6) is 0. The van der Waals surface area contributed by atoms with Crippen LogP contribution in [-0.2, 0) is 9.47 Å². The molecule has 0 saturated heterocycles. The smallest absolute Gasteiger partial charge is 0.162 e. The van der Waals surface area contributed by atoms with Crippen LogP contribution in [0.3, 0.4) is 0 Å². The van der Waals surface area contributed by atoms with E-state index in [1.165, 1.54) is 12.8 Å². The van der Waals surface area contributed by atoms with Gasteiger partial charge in [0.25, 0.3) is 0 Å². The zero-order chi connectivity index (χ0) is 14.4. The first-order valence-electron chi connectivity index (χ1n) is 7.36. The Morgan fingerprint density at radius 1 is 0.889 bits per heavy atom. The average Bonchev–Trinajstić information content (AvgIpc) is 2.19. The van der Waals surface area contributed by atoms with Gasteiger partial charge in [-0.05, 0) is 18.8 Å². The molecule has 0 aliphatic carbocycles. The second-order valence-corrected chi connectivity index (χ2v) is 7.42. The number of hydrogen-bond acceptors (Lipinski definition) is 2. The number of hydrogen-bond donors (Lipinski definition) is 0. The van der Waals surface area contributed by atoms with E-state index in [9.17, 15) is 0 Å². The minimum atomic E-state index is -0.122. The first-order valence-corrected chi connectivity index (χ1v) is 7.36. The molecule has 0 fully saturated rings. The van der Waals surface area contributed by atoms with Crippen molar-refractivity contribution in [1.29, 1.82) is 0 Å². The molecule has 2 unspecified atom stereocenters. The number of rotatable bonds is 7. The van der Waals surface area contributed by atoms with Crippen LogP contribution in [0, 0.1) is 10.8 Å². The first kappa shape index (κ1) is 17.9. The van der Waals surface area contributed by atoms with Gasteiger partial charge >= 0.3 is 0 Å². The van der Waals surface area contributed by atoms with Gasteiger partial charge in [-0.2, -0.15) is 0 Å². The molecule has 2 nitrogen and oxygen atoms in total. The fourth-order valence-electron chi connectivity index (χ4n) is 1.43. The van der Waals surface area contributed by atoms with E-state index in [1.54, 1.807) is 0 Å². The normalized spacial score (nSPS) is 16.7. The lowest BCUT2D eigenvalue weighted by Gasteiger charge is -2.37. The zero-order valence-corrected chi connectivity index (χ0v) is 13.8. The van der Waals surface area contributed by atoms with E-state index in [1.807, 2.05) is 0 Å². The van der Waals surface area contributed by atoms with Gasteiger partial charge in [-0.1, -0.05) is 61.3 Å². The number of ether oxygens (including phenoxy) is 2. The summed E-state index contributed by atoms with van der Waals surface area (Å²) in [5.41, 5.74) is 0.169. The third-order valence-electron chi connectivity index (χ3n) is 3.27. The van der Waals surface area contributed by atoms with Crippen molar-refractivity contribution < 1.29 is 9.47 Å². The predicted molar refractivity (Wildman–Crippen MR) is 78.7 cm³/mol. The van der Waals surface area contributed by atoms with Crippen molar-refractivity contribution in [2.45, 2.75) is 87.0 Å². The molecule has 18 heavy (non-hydrogen) atoms. The summed E-state index contributed by atoms with van der Waals surface area (Å²) in [6.07, 6.45) is 3.64. The molecule has 0 heterocycles. The second kappa shape index (κ2) is 7.49. The minimum Gasteiger partial charge on any atom is -0.352 e. The molecule has 0 saturated carbocycles. The van der Waals surface area contributed by atoms with E-state index in [-0.39, 0.29) is 23.2 Å². The molecule has 0 spiro atoms. The van der Waals surface area contributed by atoms with Crippen LogP contribution in [0.5, 0.6) is 0 Å². The van der Waals surface area contributed by atoms with Gasteiger partial charge in [0.1, 0.15) is 0 Å². The Morgan fingerprint density at radius 3 is 1.83 bits per heavy atom. The quantitative estimate of drug-likeness (QED) is 0.472. The summed E-state index contributed by atoms with van der Waals surface area (Å²) < 4.78 is 12.1. The maximum atomic E-state index is 6.14. The van der Waals surface area contributed by atoms with Crippen molar-refractivity contribution in [3.8, 4) is 0 Å². The summed E-state index contributed by atoms with van der Waals surface area (Å²) >= 11 is 0. The highest BCUT2D eigenvalue weighted by Gasteiger charge is 2.31. The molecule has 2 heteroatoms. The second-order valence-electron chi connectivity index (χ2n) is 7.42. The average molecular weight is 258 g/mol. The summed E-state index contributed by atoms with van der Waals surface area (Å²) in [6.45, 7) is 18.3. The molecule has 2 atom stereocenters. The van der Waals surface area contributed by atoms with Gasteiger partial charge < -0.3 is 9.47 Å². The van der Waals surface area contributed by atoms with Crippen LogP contribution in [0.1, 0.15) is 74.7 Å². The lowest BCUT2D eigenvalue weighted by Crippen LogP contribution is -2.39. The van der Waals surface area contributed by atoms with Crippen LogP contribution < -0.4 is 0 Å². The molecule has 0 aromatic heterocycles. The lowest BCUT2D eigenvalue weighted by atomic mass is 9.89. The Kier molecular flexibility index (Phi) is 7.46. The molecule has 0 aliphatic heterocycles. The van der Waals surface area contributed by atoms with Gasteiger partial charge in [-0.25, -0.2) is 0 Å². The molecule has 110 valence electrons. The molecule has 0 aliphatic rings. The third-order valence-corrected chi connectivity index (χ3v) is 3.27. The standard InChI is InChI=1S/C16H34O2/c1-9-10-11-12-17-14(16(6,7)8)18-13(2)15(3,4)5/h13-14H,9-12H2,1-8H3. The summed E-state index contributed by atoms with van der Waals surface area (Å²) in [4.78, 5) is 0. The molecular formula is C16H34O2. The highest BCUT2D eigenvalue weighted by atomic mass is 16.7. The summed E-state index contributed by atoms with van der Waals surface area (Å²) in [5, 5.41) is 0. The third kappa shape index (κ3) is 7.38. The maximum Gasteiger partial charge on any atom is 0.162 e. The Balaban J connectivity index is 4.34. The van der Waals surface area contributed by atoms with Gasteiger partial charge in [-0.3, -0.25) is 0 Å². The topological polar surface area (TPSA) is 18.5 Å². The highest BCUT2D eigenvalue weighted by Crippen LogP contribution is 2.30. The van der Waals surface area contributed by atoms with Gasteiger partial charge in [0.15, 0.2) is 6.29 Å². The summed E-state index contributed by atoms with van der Waals surface area (Å²) in [6, 6.07) is 0. The highest BCUT2D eigenvalue weighted by molar-refractivity contribution is 4.74. The Labute approximate surface area is 114 Å². The maximum absolute atomic E-state index is 6.14. The van der Waals surface area contributed by atoms with Gasteiger partial charge in [0.05, 0.1) is 6.10 Å². The fourth-order valence-corrected chi connectivity index (χ4v) is 1.43. The van der Waals surface area contributed by atoms with Crippen LogP contribution in [-0.4, -0.2) is 19.0 Å². The Hall–Kier alpha value is -0.0800. The van der Waals surface area contributed by atoms with E-state index in [0.717, 1.165) is 13.0 Å². The molecule has 0 N–H and O–H groups in total. The van der Waals surface area contributed by atoms with Crippen molar-refractivity contribution in [3.05, 3.63) is 0 Å². The predicted octanol–water partition coefficient (Wildman–Crippen LogP) is 5.02. The van der Waals surface area contributed by atoms with E-state index in [4.69, 9.17) is 9.47 Å². The van der Waals surface area contributed by atoms with E-state index < -0.39 is 0 Å². The van der Waals surface area contributed by atoms with Crippen LogP contribution in [0.25, 0.3) is 0 Å². The molecule has 0 bridgehead atoms. The number of unbranched alkanes of at least 4 members (excludes halogenated alkanes) is 2. The van der Waals surface area contributed by atoms with E-state index in [2.05, 4.69) is 55.4 Å². The Bertz CT molecular complexity index is 210. The molecule has 0 aromatic carbocycles. The molecule has 0 amide bonds. The minimum absolute atomic E-state index is 0.0196. The van der Waals surface area contributed by atoms with Gasteiger partial charge in [0.2, 0.25) is 0 Å². The van der Waals surface area contributed by atoms with Crippen LogP contribution in [0.15, 0.2) is 0 Å². The van der Waals surface area contributed by atoms with Crippen molar-refractivity contribution in [2.24, 2.45) is 10.8 Å². The van der Waals surface area contributed by atoms with Crippen LogP contribution in [0.2, 0.25) is 0 Å². The van der Waals surface area contributed by atoms with Crippen molar-refractivity contribution in [1.82, 2.24) is 0 Å². The van der Waals surface area contributed by atoms with Crippen molar-refractivity contribution in [3.63, 3.8) is 0 Å². The van der Waals surface area contributed by atoms with Gasteiger partial charge in [0, 0.05) is 12.0 Å². The lowest BCUT2D eigenvalue weighted by molar-refractivity contribution is -0.230. The van der Waals surface area contributed by atoms with Crippen LogP contribution >= 0.6 is 0 Å².